The lowest BCUT2D eigenvalue weighted by Gasteiger charge is -2.36. The van der Waals surface area contributed by atoms with Crippen molar-refractivity contribution >= 4 is 23.2 Å². The van der Waals surface area contributed by atoms with E-state index in [4.69, 9.17) is 10.5 Å². The van der Waals surface area contributed by atoms with Gasteiger partial charge in [0.2, 0.25) is 11.8 Å². The van der Waals surface area contributed by atoms with Gasteiger partial charge in [-0.1, -0.05) is 0 Å². The first-order valence-corrected chi connectivity index (χ1v) is 10.1. The zero-order valence-electron chi connectivity index (χ0n) is 14.5. The number of aliphatic hydroxyl groups is 1. The molecule has 1 aromatic heterocycles. The van der Waals surface area contributed by atoms with E-state index in [1.165, 1.54) is 5.56 Å². The van der Waals surface area contributed by atoms with E-state index in [9.17, 15) is 14.7 Å². The SMILES string of the molecule is NC(=O)CN1C[C@H]2[C@H](O)[C@@H]3CC(C(=O)NCCc4ccsc4)[C@@H](O3)[C@H]2C1. The summed E-state index contributed by atoms with van der Waals surface area (Å²) in [6, 6.07) is 2.06. The largest absolute Gasteiger partial charge is 0.390 e. The minimum atomic E-state index is -0.585. The van der Waals surface area contributed by atoms with Gasteiger partial charge in [0.25, 0.3) is 0 Å². The van der Waals surface area contributed by atoms with Gasteiger partial charge in [-0.2, -0.15) is 11.3 Å². The molecule has 142 valence electrons. The lowest BCUT2D eigenvalue weighted by atomic mass is 9.83. The Morgan fingerprint density at radius 3 is 2.92 bits per heavy atom. The van der Waals surface area contributed by atoms with Gasteiger partial charge in [0.15, 0.2) is 0 Å². The molecular weight excluding hydrogens is 354 g/mol. The number of hydrogen-bond acceptors (Lipinski definition) is 6. The number of carbonyl (C=O) groups is 2. The van der Waals surface area contributed by atoms with Gasteiger partial charge in [-0.25, -0.2) is 0 Å². The number of hydrogen-bond donors (Lipinski definition) is 3. The molecule has 3 aliphatic rings. The van der Waals surface area contributed by atoms with Gasteiger partial charge in [0, 0.05) is 31.5 Å². The van der Waals surface area contributed by atoms with Crippen molar-refractivity contribution in [1.82, 2.24) is 10.2 Å². The van der Waals surface area contributed by atoms with E-state index in [1.54, 1.807) is 11.3 Å². The number of thiophene rings is 1. The normalized spacial score (nSPS) is 36.0. The molecule has 0 aromatic carbocycles. The Labute approximate surface area is 156 Å². The van der Waals surface area contributed by atoms with Crippen LogP contribution in [-0.2, 0) is 20.7 Å². The fourth-order valence-corrected chi connectivity index (χ4v) is 5.49. The minimum Gasteiger partial charge on any atom is -0.390 e. The van der Waals surface area contributed by atoms with Crippen LogP contribution in [0.1, 0.15) is 12.0 Å². The maximum absolute atomic E-state index is 12.7. The number of likely N-dealkylation sites (tertiary alicyclic amines) is 1. The van der Waals surface area contributed by atoms with Crippen LogP contribution >= 0.6 is 11.3 Å². The summed E-state index contributed by atoms with van der Waals surface area (Å²) in [5.74, 6) is -0.487. The molecule has 0 radical (unpaired) electrons. The monoisotopic (exact) mass is 379 g/mol. The van der Waals surface area contributed by atoms with Gasteiger partial charge in [0.05, 0.1) is 30.8 Å². The van der Waals surface area contributed by atoms with E-state index in [0.717, 1.165) is 6.42 Å². The van der Waals surface area contributed by atoms with Crippen LogP contribution in [-0.4, -0.2) is 66.3 Å². The lowest BCUT2D eigenvalue weighted by Crippen LogP contribution is -2.47. The average Bonchev–Trinajstić information content (AvgIpc) is 3.31. The van der Waals surface area contributed by atoms with Crippen molar-refractivity contribution in [2.24, 2.45) is 23.5 Å². The summed E-state index contributed by atoms with van der Waals surface area (Å²) in [5.41, 5.74) is 6.53. The molecule has 0 spiro atoms. The van der Waals surface area contributed by atoms with Crippen molar-refractivity contribution < 1.29 is 19.4 Å². The molecule has 1 aromatic rings. The second-order valence-electron chi connectivity index (χ2n) is 7.63. The van der Waals surface area contributed by atoms with Crippen molar-refractivity contribution in [3.05, 3.63) is 22.4 Å². The van der Waals surface area contributed by atoms with Gasteiger partial charge >= 0.3 is 0 Å². The lowest BCUT2D eigenvalue weighted by molar-refractivity contribution is -0.140. The fraction of sp³-hybridized carbons (Fsp3) is 0.667. The van der Waals surface area contributed by atoms with E-state index in [2.05, 4.69) is 16.8 Å². The first-order valence-electron chi connectivity index (χ1n) is 9.16. The van der Waals surface area contributed by atoms with Crippen molar-refractivity contribution in [1.29, 1.82) is 0 Å². The van der Waals surface area contributed by atoms with Crippen molar-refractivity contribution in [2.75, 3.05) is 26.2 Å². The highest BCUT2D eigenvalue weighted by molar-refractivity contribution is 7.07. The number of rotatable bonds is 6. The van der Waals surface area contributed by atoms with Crippen molar-refractivity contribution in [3.63, 3.8) is 0 Å². The van der Waals surface area contributed by atoms with Gasteiger partial charge in [-0.15, -0.1) is 0 Å². The van der Waals surface area contributed by atoms with Crippen LogP contribution in [0.15, 0.2) is 16.8 Å². The quantitative estimate of drug-likeness (QED) is 0.623. The molecule has 3 saturated heterocycles. The topological polar surface area (TPSA) is 105 Å². The molecule has 3 aliphatic heterocycles. The second kappa shape index (κ2) is 7.26. The van der Waals surface area contributed by atoms with Crippen LogP contribution in [0.4, 0.5) is 0 Å². The summed E-state index contributed by atoms with van der Waals surface area (Å²) in [7, 11) is 0. The third-order valence-corrected chi connectivity index (χ3v) is 6.69. The molecule has 8 heteroatoms. The van der Waals surface area contributed by atoms with Gasteiger partial charge < -0.3 is 20.9 Å². The highest BCUT2D eigenvalue weighted by atomic mass is 32.1. The Kier molecular flexibility index (Phi) is 5.00. The molecule has 4 N–H and O–H groups in total. The van der Waals surface area contributed by atoms with Crippen molar-refractivity contribution in [2.45, 2.75) is 31.2 Å². The highest BCUT2D eigenvalue weighted by Crippen LogP contribution is 2.46. The summed E-state index contributed by atoms with van der Waals surface area (Å²) in [6.07, 6.45) is 0.323. The maximum Gasteiger partial charge on any atom is 0.231 e. The van der Waals surface area contributed by atoms with E-state index < -0.39 is 6.10 Å². The van der Waals surface area contributed by atoms with Crippen LogP contribution in [0.2, 0.25) is 0 Å². The maximum atomic E-state index is 12.7. The third-order valence-electron chi connectivity index (χ3n) is 5.95. The number of nitrogens with one attached hydrogen (secondary N) is 1. The Morgan fingerprint density at radius 1 is 1.38 bits per heavy atom. The Morgan fingerprint density at radius 2 is 2.19 bits per heavy atom. The van der Waals surface area contributed by atoms with Crippen molar-refractivity contribution in [3.8, 4) is 0 Å². The molecule has 1 unspecified atom stereocenters. The molecule has 0 aliphatic carbocycles. The molecule has 2 amide bonds. The molecule has 4 rings (SSSR count). The number of ether oxygens (including phenoxy) is 1. The summed E-state index contributed by atoms with van der Waals surface area (Å²) in [6.45, 7) is 2.07. The number of aliphatic hydroxyl groups excluding tert-OH is 1. The molecule has 4 heterocycles. The summed E-state index contributed by atoms with van der Waals surface area (Å²) >= 11 is 1.65. The number of nitrogens with zero attached hydrogens (tertiary/aromatic N) is 1. The number of primary amides is 1. The Balaban J connectivity index is 1.38. The van der Waals surface area contributed by atoms with E-state index in [1.807, 2.05) is 10.3 Å². The zero-order valence-corrected chi connectivity index (χ0v) is 15.4. The van der Waals surface area contributed by atoms with Crippen LogP contribution in [0, 0.1) is 17.8 Å². The van der Waals surface area contributed by atoms with Gasteiger partial charge in [-0.3, -0.25) is 14.5 Å². The predicted molar refractivity (Wildman–Crippen MR) is 96.4 cm³/mol. The van der Waals surface area contributed by atoms with Gasteiger partial charge in [-0.05, 0) is 35.2 Å². The smallest absolute Gasteiger partial charge is 0.231 e. The van der Waals surface area contributed by atoms with E-state index >= 15 is 0 Å². The zero-order chi connectivity index (χ0) is 18.3. The third kappa shape index (κ3) is 3.38. The second-order valence-corrected chi connectivity index (χ2v) is 8.41. The fourth-order valence-electron chi connectivity index (χ4n) is 4.78. The highest BCUT2D eigenvalue weighted by Gasteiger charge is 2.57. The molecular formula is C18H25N3O4S. The average molecular weight is 379 g/mol. The van der Waals surface area contributed by atoms with E-state index in [0.29, 0.717) is 26.1 Å². The number of amides is 2. The van der Waals surface area contributed by atoms with E-state index in [-0.39, 0.29) is 48.3 Å². The standard InChI is InChI=1S/C18H25N3O4S/c19-15(22)8-21-6-12-13(7-21)17-11(5-14(25-17)16(12)23)18(24)20-3-1-10-2-4-26-9-10/h2,4,9,11-14,16-17,23H,1,3,5-8H2,(H2,19,22)(H,20,24)/t11?,12-,13+,14+,16+,17-/m1/s1. The van der Waals surface area contributed by atoms with Crippen LogP contribution < -0.4 is 11.1 Å². The Hall–Kier alpha value is -1.48. The van der Waals surface area contributed by atoms with Crippen LogP contribution in [0.25, 0.3) is 0 Å². The number of nitrogens with two attached hydrogens (primary N) is 1. The summed E-state index contributed by atoms with van der Waals surface area (Å²) < 4.78 is 6.01. The molecule has 0 saturated carbocycles. The summed E-state index contributed by atoms with van der Waals surface area (Å²) in [5, 5.41) is 17.8. The van der Waals surface area contributed by atoms with Gasteiger partial charge in [0.1, 0.15) is 0 Å². The minimum absolute atomic E-state index is 0.00827. The van der Waals surface area contributed by atoms with Crippen LogP contribution in [0.5, 0.6) is 0 Å². The molecule has 3 fully saturated rings. The number of fused-ring (bicyclic) bond motifs is 4. The molecule has 6 atom stereocenters. The first-order chi connectivity index (χ1) is 12.5. The Bertz CT molecular complexity index is 667. The summed E-state index contributed by atoms with van der Waals surface area (Å²) in [4.78, 5) is 25.9. The molecule has 26 heavy (non-hydrogen) atoms. The molecule has 2 bridgehead atoms. The first kappa shape index (κ1) is 17.9. The number of carbonyl (C=O) groups excluding carboxylic acids is 2. The predicted octanol–water partition coefficient (Wildman–Crippen LogP) is -0.412. The van der Waals surface area contributed by atoms with Crippen LogP contribution in [0.3, 0.4) is 0 Å². The molecule has 7 nitrogen and oxygen atoms in total.